The molecule has 0 saturated carbocycles. The van der Waals surface area contributed by atoms with Gasteiger partial charge in [0, 0.05) is 12.6 Å². The fraction of sp³-hybridized carbons (Fsp3) is 0.0500. The Morgan fingerprint density at radius 1 is 0.926 bits per heavy atom. The summed E-state index contributed by atoms with van der Waals surface area (Å²) in [4.78, 5) is 3.59. The van der Waals surface area contributed by atoms with Crippen LogP contribution in [0.15, 0.2) is 49.2 Å². The lowest BCUT2D eigenvalue weighted by Crippen LogP contribution is -2.04. The van der Waals surface area contributed by atoms with E-state index in [0.29, 0.717) is 5.56 Å². The molecule has 7 heteroatoms. The quantitative estimate of drug-likeness (QED) is 0.605. The molecule has 0 amide bonds. The van der Waals surface area contributed by atoms with Crippen molar-refractivity contribution >= 4 is 23.3 Å². The Morgan fingerprint density at radius 3 is 2.33 bits per heavy atom. The molecular weight excluding hydrogens is 358 g/mol. The zero-order valence-corrected chi connectivity index (χ0v) is 14.1. The molecule has 3 aromatic rings. The Kier molecular flexibility index (Phi) is 5.12. The number of rotatable bonds is 5. The summed E-state index contributed by atoms with van der Waals surface area (Å²) in [7, 11) is 0. The highest BCUT2D eigenvalue weighted by Crippen LogP contribution is 2.28. The van der Waals surface area contributed by atoms with Gasteiger partial charge in [0.1, 0.15) is 5.82 Å². The highest BCUT2D eigenvalue weighted by molar-refractivity contribution is 5.63. The number of anilines is 3. The van der Waals surface area contributed by atoms with Crippen molar-refractivity contribution in [3.05, 3.63) is 89.1 Å². The van der Waals surface area contributed by atoms with Gasteiger partial charge in [-0.05, 0) is 41.0 Å². The third-order valence-electron chi connectivity index (χ3n) is 4.04. The molecule has 1 aromatic heterocycles. The SMILES string of the molecule is C=Cc1ccc(Nc2ccc(Cc3ccnc(N)c3F)c(F)c2F)c(F)c1. The van der Waals surface area contributed by atoms with Crippen LogP contribution in [0, 0.1) is 23.3 Å². The van der Waals surface area contributed by atoms with E-state index < -0.39 is 23.3 Å². The van der Waals surface area contributed by atoms with E-state index in [-0.39, 0.29) is 34.7 Å². The van der Waals surface area contributed by atoms with Gasteiger partial charge < -0.3 is 11.1 Å². The normalized spacial score (nSPS) is 10.7. The third-order valence-corrected chi connectivity index (χ3v) is 4.04. The predicted molar refractivity (Wildman–Crippen MR) is 97.5 cm³/mol. The average molecular weight is 373 g/mol. The number of halogens is 4. The van der Waals surface area contributed by atoms with Gasteiger partial charge in [0.2, 0.25) is 0 Å². The number of pyridine rings is 1. The van der Waals surface area contributed by atoms with Gasteiger partial charge in [0.25, 0.3) is 0 Å². The van der Waals surface area contributed by atoms with Crippen LogP contribution in [-0.2, 0) is 6.42 Å². The van der Waals surface area contributed by atoms with E-state index in [1.807, 2.05) is 0 Å². The van der Waals surface area contributed by atoms with E-state index in [1.165, 1.54) is 42.6 Å². The molecule has 0 spiro atoms. The molecule has 2 aromatic carbocycles. The van der Waals surface area contributed by atoms with Crippen molar-refractivity contribution in [3.8, 4) is 0 Å². The molecule has 3 rings (SSSR count). The van der Waals surface area contributed by atoms with Gasteiger partial charge in [-0.2, -0.15) is 0 Å². The summed E-state index contributed by atoms with van der Waals surface area (Å²) in [6.07, 6.45) is 2.55. The molecule has 0 aliphatic carbocycles. The molecule has 3 nitrogen and oxygen atoms in total. The smallest absolute Gasteiger partial charge is 0.182 e. The number of nitrogens with zero attached hydrogens (tertiary/aromatic N) is 1. The summed E-state index contributed by atoms with van der Waals surface area (Å²) in [5, 5.41) is 2.52. The van der Waals surface area contributed by atoms with Gasteiger partial charge in [0.15, 0.2) is 23.3 Å². The first-order valence-corrected chi connectivity index (χ1v) is 7.95. The van der Waals surface area contributed by atoms with Crippen LogP contribution >= 0.6 is 0 Å². The van der Waals surface area contributed by atoms with Crippen LogP contribution in [0.5, 0.6) is 0 Å². The van der Waals surface area contributed by atoms with E-state index in [1.54, 1.807) is 6.07 Å². The number of nitrogen functional groups attached to an aromatic ring is 1. The largest absolute Gasteiger partial charge is 0.381 e. The summed E-state index contributed by atoms with van der Waals surface area (Å²) in [6.45, 7) is 3.53. The second-order valence-electron chi connectivity index (χ2n) is 5.81. The van der Waals surface area contributed by atoms with E-state index in [9.17, 15) is 17.6 Å². The van der Waals surface area contributed by atoms with Gasteiger partial charge in [-0.3, -0.25) is 0 Å². The lowest BCUT2D eigenvalue weighted by Gasteiger charge is -2.12. The minimum Gasteiger partial charge on any atom is -0.381 e. The van der Waals surface area contributed by atoms with Crippen molar-refractivity contribution in [2.24, 2.45) is 0 Å². The number of nitrogens with two attached hydrogens (primary N) is 1. The first-order chi connectivity index (χ1) is 12.9. The van der Waals surface area contributed by atoms with Gasteiger partial charge in [-0.1, -0.05) is 24.8 Å². The van der Waals surface area contributed by atoms with Crippen molar-refractivity contribution in [3.63, 3.8) is 0 Å². The van der Waals surface area contributed by atoms with Crippen molar-refractivity contribution in [2.45, 2.75) is 6.42 Å². The number of nitrogens with one attached hydrogen (secondary N) is 1. The fourth-order valence-corrected chi connectivity index (χ4v) is 2.57. The number of benzene rings is 2. The average Bonchev–Trinajstić information content (AvgIpc) is 2.66. The predicted octanol–water partition coefficient (Wildman–Crippen LogP) is 5.20. The topological polar surface area (TPSA) is 50.9 Å². The maximum Gasteiger partial charge on any atom is 0.182 e. The maximum atomic E-state index is 14.4. The molecular formula is C20H15F4N3. The Hall–Kier alpha value is -3.35. The highest BCUT2D eigenvalue weighted by Gasteiger charge is 2.17. The van der Waals surface area contributed by atoms with Gasteiger partial charge >= 0.3 is 0 Å². The zero-order chi connectivity index (χ0) is 19.6. The molecule has 0 aliphatic heterocycles. The molecule has 0 atom stereocenters. The molecule has 1 heterocycles. The van der Waals surface area contributed by atoms with E-state index in [2.05, 4.69) is 16.9 Å². The number of hydrogen-bond acceptors (Lipinski definition) is 3. The molecule has 0 aliphatic rings. The molecule has 0 bridgehead atoms. The van der Waals surface area contributed by atoms with Crippen LogP contribution in [-0.4, -0.2) is 4.98 Å². The first kappa shape index (κ1) is 18.4. The Labute approximate surface area is 153 Å². The van der Waals surface area contributed by atoms with Crippen LogP contribution < -0.4 is 11.1 Å². The van der Waals surface area contributed by atoms with Crippen molar-refractivity contribution in [1.82, 2.24) is 4.98 Å². The summed E-state index contributed by atoms with van der Waals surface area (Å²) in [6, 6.07) is 8.09. The van der Waals surface area contributed by atoms with Crippen LogP contribution in [0.25, 0.3) is 6.08 Å². The van der Waals surface area contributed by atoms with Crippen molar-refractivity contribution in [1.29, 1.82) is 0 Å². The summed E-state index contributed by atoms with van der Waals surface area (Å²) in [5.41, 5.74) is 5.71. The summed E-state index contributed by atoms with van der Waals surface area (Å²) < 4.78 is 56.8. The zero-order valence-electron chi connectivity index (χ0n) is 14.1. The van der Waals surface area contributed by atoms with E-state index in [4.69, 9.17) is 5.73 Å². The number of aromatic nitrogens is 1. The van der Waals surface area contributed by atoms with Crippen molar-refractivity contribution in [2.75, 3.05) is 11.1 Å². The molecule has 0 radical (unpaired) electrons. The monoisotopic (exact) mass is 373 g/mol. The lowest BCUT2D eigenvalue weighted by atomic mass is 10.0. The fourth-order valence-electron chi connectivity index (χ4n) is 2.57. The van der Waals surface area contributed by atoms with Gasteiger partial charge in [0.05, 0.1) is 11.4 Å². The Balaban J connectivity index is 1.89. The van der Waals surface area contributed by atoms with Gasteiger partial charge in [-0.15, -0.1) is 0 Å². The molecule has 138 valence electrons. The second-order valence-corrected chi connectivity index (χ2v) is 5.81. The van der Waals surface area contributed by atoms with Crippen LogP contribution in [0.1, 0.15) is 16.7 Å². The van der Waals surface area contributed by atoms with Crippen LogP contribution in [0.3, 0.4) is 0 Å². The highest BCUT2D eigenvalue weighted by atomic mass is 19.2. The Morgan fingerprint density at radius 2 is 1.63 bits per heavy atom. The van der Waals surface area contributed by atoms with Crippen molar-refractivity contribution < 1.29 is 17.6 Å². The lowest BCUT2D eigenvalue weighted by molar-refractivity contribution is 0.502. The maximum absolute atomic E-state index is 14.4. The van der Waals surface area contributed by atoms with Crippen LogP contribution in [0.2, 0.25) is 0 Å². The first-order valence-electron chi connectivity index (χ1n) is 7.95. The summed E-state index contributed by atoms with van der Waals surface area (Å²) >= 11 is 0. The third kappa shape index (κ3) is 3.76. The molecule has 27 heavy (non-hydrogen) atoms. The molecule has 3 N–H and O–H groups in total. The van der Waals surface area contributed by atoms with E-state index in [0.717, 1.165) is 0 Å². The second kappa shape index (κ2) is 7.49. The molecule has 0 saturated heterocycles. The molecule has 0 unspecified atom stereocenters. The van der Waals surface area contributed by atoms with Crippen LogP contribution in [0.4, 0.5) is 34.8 Å². The number of hydrogen-bond donors (Lipinski definition) is 2. The van der Waals surface area contributed by atoms with Gasteiger partial charge in [-0.25, -0.2) is 22.5 Å². The standard InChI is InChI=1S/C20H15F4N3/c1-2-11-3-5-15(14(21)9-11)27-16-6-4-12(17(22)19(16)24)10-13-7-8-26-20(25)18(13)23/h2-9,27H,1,10H2,(H2,25,26). The minimum atomic E-state index is -1.19. The Bertz CT molecular complexity index is 1020. The molecule has 0 fully saturated rings. The minimum absolute atomic E-state index is 0.0143. The van der Waals surface area contributed by atoms with E-state index >= 15 is 0 Å². The summed E-state index contributed by atoms with van der Waals surface area (Å²) in [5.74, 6) is -4.07.